The topological polar surface area (TPSA) is 105 Å². The average Bonchev–Trinajstić information content (AvgIpc) is 2.80. The van der Waals surface area contributed by atoms with Crippen LogP contribution in [0, 0.1) is 23.3 Å². The third kappa shape index (κ3) is 6.98. The standard InChI is InChI=1S/C24H27F4N3O5S/c1-24(2,3)36-23(33)29-13-16-6-4-5-9-31(16)37(34,35)20-10-14(7-8-17(20)25)22(32)30-15-11-18(26)21(28)19(27)12-15/h7-8,10-12,16H,4-6,9,13H2,1-3H3,(H,29,33)(H,30,32)/t16-/m1/s1. The number of hydrogen-bond acceptors (Lipinski definition) is 5. The number of nitrogens with one attached hydrogen (secondary N) is 2. The Bertz CT molecular complexity index is 1270. The summed E-state index contributed by atoms with van der Waals surface area (Å²) in [6.07, 6.45) is 0.862. The quantitative estimate of drug-likeness (QED) is 0.409. The van der Waals surface area contributed by atoms with E-state index in [0.29, 0.717) is 31.4 Å². The zero-order chi connectivity index (χ0) is 27.5. The van der Waals surface area contributed by atoms with Crippen LogP contribution in [0.5, 0.6) is 0 Å². The zero-order valence-corrected chi connectivity index (χ0v) is 21.2. The number of carbonyl (C=O) groups excluding carboxylic acids is 2. The predicted octanol–water partition coefficient (Wildman–Crippen LogP) is 4.56. The van der Waals surface area contributed by atoms with Gasteiger partial charge in [0, 0.05) is 42.5 Å². The highest BCUT2D eigenvalue weighted by molar-refractivity contribution is 7.89. The Morgan fingerprint density at radius 1 is 1.03 bits per heavy atom. The highest BCUT2D eigenvalue weighted by Crippen LogP contribution is 2.28. The van der Waals surface area contributed by atoms with Crippen LogP contribution < -0.4 is 10.6 Å². The van der Waals surface area contributed by atoms with Gasteiger partial charge in [-0.3, -0.25) is 4.79 Å². The summed E-state index contributed by atoms with van der Waals surface area (Å²) in [4.78, 5) is 23.9. The lowest BCUT2D eigenvalue weighted by molar-refractivity contribution is 0.0511. The van der Waals surface area contributed by atoms with E-state index in [0.717, 1.165) is 22.5 Å². The normalized spacial score (nSPS) is 16.8. The van der Waals surface area contributed by atoms with Gasteiger partial charge >= 0.3 is 6.09 Å². The summed E-state index contributed by atoms with van der Waals surface area (Å²) in [7, 11) is -4.46. The fraction of sp³-hybridized carbons (Fsp3) is 0.417. The number of piperidine rings is 1. The van der Waals surface area contributed by atoms with Gasteiger partial charge in [0.25, 0.3) is 5.91 Å². The molecule has 1 aliphatic heterocycles. The van der Waals surface area contributed by atoms with E-state index in [9.17, 15) is 35.6 Å². The van der Waals surface area contributed by atoms with Gasteiger partial charge in [0.15, 0.2) is 17.5 Å². The number of nitrogens with zero attached hydrogens (tertiary/aromatic N) is 1. The maximum atomic E-state index is 14.7. The number of sulfonamides is 1. The molecule has 8 nitrogen and oxygen atoms in total. The molecule has 13 heteroatoms. The molecule has 0 bridgehead atoms. The highest BCUT2D eigenvalue weighted by atomic mass is 32.2. The van der Waals surface area contributed by atoms with Gasteiger partial charge in [-0.25, -0.2) is 30.8 Å². The van der Waals surface area contributed by atoms with E-state index in [1.54, 1.807) is 20.8 Å². The first kappa shape index (κ1) is 28.4. The second-order valence-electron chi connectivity index (χ2n) is 9.50. The minimum Gasteiger partial charge on any atom is -0.444 e. The maximum absolute atomic E-state index is 14.7. The minimum absolute atomic E-state index is 0.0625. The van der Waals surface area contributed by atoms with Gasteiger partial charge in [-0.05, 0) is 51.8 Å². The molecule has 0 radical (unpaired) electrons. The summed E-state index contributed by atoms with van der Waals surface area (Å²) >= 11 is 0. The highest BCUT2D eigenvalue weighted by Gasteiger charge is 2.36. The molecule has 37 heavy (non-hydrogen) atoms. The summed E-state index contributed by atoms with van der Waals surface area (Å²) in [6.45, 7) is 5.03. The molecular formula is C24H27F4N3O5S. The number of anilines is 1. The van der Waals surface area contributed by atoms with E-state index in [1.807, 2.05) is 0 Å². The molecule has 1 heterocycles. The molecule has 1 atom stereocenters. The van der Waals surface area contributed by atoms with Crippen LogP contribution in [-0.4, -0.2) is 49.5 Å². The number of benzene rings is 2. The van der Waals surface area contributed by atoms with E-state index >= 15 is 0 Å². The smallest absolute Gasteiger partial charge is 0.407 e. The summed E-state index contributed by atoms with van der Waals surface area (Å²) in [5.74, 6) is -6.89. The fourth-order valence-electron chi connectivity index (χ4n) is 3.81. The number of halogens is 4. The second kappa shape index (κ2) is 11.1. The maximum Gasteiger partial charge on any atom is 0.407 e. The van der Waals surface area contributed by atoms with E-state index in [2.05, 4.69) is 10.6 Å². The van der Waals surface area contributed by atoms with Crippen molar-refractivity contribution in [1.82, 2.24) is 9.62 Å². The summed E-state index contributed by atoms with van der Waals surface area (Å²) in [5.41, 5.74) is -1.48. The van der Waals surface area contributed by atoms with Gasteiger partial charge in [-0.2, -0.15) is 4.31 Å². The molecule has 2 amide bonds. The van der Waals surface area contributed by atoms with Crippen molar-refractivity contribution < 1.29 is 40.3 Å². The number of alkyl carbamates (subject to hydrolysis) is 1. The summed E-state index contributed by atoms with van der Waals surface area (Å²) in [6, 6.07) is 3.00. The van der Waals surface area contributed by atoms with Crippen molar-refractivity contribution in [2.24, 2.45) is 0 Å². The van der Waals surface area contributed by atoms with Crippen molar-refractivity contribution in [3.8, 4) is 0 Å². The third-order valence-electron chi connectivity index (χ3n) is 5.48. The van der Waals surface area contributed by atoms with E-state index in [4.69, 9.17) is 4.74 Å². The third-order valence-corrected chi connectivity index (χ3v) is 7.44. The zero-order valence-electron chi connectivity index (χ0n) is 20.4. The van der Waals surface area contributed by atoms with Crippen molar-refractivity contribution in [3.63, 3.8) is 0 Å². The Kier molecular flexibility index (Phi) is 8.48. The molecule has 0 unspecified atom stereocenters. The van der Waals surface area contributed by atoms with Gasteiger partial charge < -0.3 is 15.4 Å². The number of amides is 2. The monoisotopic (exact) mass is 545 g/mol. The molecule has 2 aromatic carbocycles. The number of ether oxygens (including phenoxy) is 1. The van der Waals surface area contributed by atoms with Gasteiger partial charge in [0.05, 0.1) is 0 Å². The van der Waals surface area contributed by atoms with Crippen LogP contribution in [0.25, 0.3) is 0 Å². The second-order valence-corrected chi connectivity index (χ2v) is 11.4. The van der Waals surface area contributed by atoms with Crippen molar-refractivity contribution in [1.29, 1.82) is 0 Å². The Balaban J connectivity index is 1.83. The lowest BCUT2D eigenvalue weighted by Gasteiger charge is -2.35. The Labute approximate surface area is 212 Å². The molecule has 1 aliphatic rings. The molecule has 2 N–H and O–H groups in total. The predicted molar refractivity (Wildman–Crippen MR) is 126 cm³/mol. The van der Waals surface area contributed by atoms with Crippen molar-refractivity contribution in [2.75, 3.05) is 18.4 Å². The summed E-state index contributed by atoms with van der Waals surface area (Å²) in [5, 5.41) is 4.66. The van der Waals surface area contributed by atoms with E-state index in [1.165, 1.54) is 0 Å². The molecule has 1 saturated heterocycles. The van der Waals surface area contributed by atoms with Crippen molar-refractivity contribution in [3.05, 3.63) is 59.2 Å². The lowest BCUT2D eigenvalue weighted by atomic mass is 10.1. The summed E-state index contributed by atoms with van der Waals surface area (Å²) < 4.78 is 87.9. The molecule has 2 aromatic rings. The van der Waals surface area contributed by atoms with Crippen LogP contribution in [0.4, 0.5) is 28.0 Å². The molecule has 3 rings (SSSR count). The molecule has 0 spiro atoms. The van der Waals surface area contributed by atoms with Crippen LogP contribution in [-0.2, 0) is 14.8 Å². The molecular weight excluding hydrogens is 518 g/mol. The van der Waals surface area contributed by atoms with Crippen LogP contribution in [0.15, 0.2) is 35.2 Å². The van der Waals surface area contributed by atoms with Crippen LogP contribution in [0.2, 0.25) is 0 Å². The van der Waals surface area contributed by atoms with Gasteiger partial charge in [-0.15, -0.1) is 0 Å². The Hall–Kier alpha value is -3.19. The first-order chi connectivity index (χ1) is 17.2. The molecule has 1 fully saturated rings. The molecule has 0 aromatic heterocycles. The van der Waals surface area contributed by atoms with Crippen molar-refractivity contribution >= 4 is 27.7 Å². The fourth-order valence-corrected chi connectivity index (χ4v) is 5.59. The van der Waals surface area contributed by atoms with E-state index in [-0.39, 0.29) is 18.7 Å². The van der Waals surface area contributed by atoms with Crippen LogP contribution in [0.1, 0.15) is 50.4 Å². The largest absolute Gasteiger partial charge is 0.444 e. The minimum atomic E-state index is -4.46. The van der Waals surface area contributed by atoms with Crippen molar-refractivity contribution in [2.45, 2.75) is 56.6 Å². The van der Waals surface area contributed by atoms with Gasteiger partial charge in [0.2, 0.25) is 10.0 Å². The first-order valence-corrected chi connectivity index (χ1v) is 12.9. The SMILES string of the molecule is CC(C)(C)OC(=O)NC[C@H]1CCCCN1S(=O)(=O)c1cc(C(=O)Nc2cc(F)c(F)c(F)c2)ccc1F. The Morgan fingerprint density at radius 2 is 1.68 bits per heavy atom. The first-order valence-electron chi connectivity index (χ1n) is 11.4. The molecule has 202 valence electrons. The Morgan fingerprint density at radius 3 is 2.30 bits per heavy atom. The molecule has 0 saturated carbocycles. The van der Waals surface area contributed by atoms with E-state index < -0.39 is 67.5 Å². The van der Waals surface area contributed by atoms with Gasteiger partial charge in [-0.1, -0.05) is 6.42 Å². The number of rotatable bonds is 6. The molecule has 0 aliphatic carbocycles. The number of hydrogen-bond donors (Lipinski definition) is 2. The van der Waals surface area contributed by atoms with Crippen LogP contribution in [0.3, 0.4) is 0 Å². The van der Waals surface area contributed by atoms with Gasteiger partial charge in [0.1, 0.15) is 16.3 Å². The average molecular weight is 546 g/mol. The number of carbonyl (C=O) groups is 2. The van der Waals surface area contributed by atoms with Crippen LogP contribution >= 0.6 is 0 Å². The lowest BCUT2D eigenvalue weighted by Crippen LogP contribution is -2.50.